The molecule has 0 amide bonds. The first-order valence-electron chi connectivity index (χ1n) is 7.68. The van der Waals surface area contributed by atoms with E-state index in [-0.39, 0.29) is 17.1 Å². The van der Waals surface area contributed by atoms with Crippen LogP contribution in [0.5, 0.6) is 0 Å². The Morgan fingerprint density at radius 2 is 1.50 bits per heavy atom. The van der Waals surface area contributed by atoms with E-state index >= 15 is 0 Å². The number of hydrogen-bond donors (Lipinski definition) is 1. The van der Waals surface area contributed by atoms with Crippen LogP contribution < -0.4 is 0 Å². The van der Waals surface area contributed by atoms with E-state index < -0.39 is 0 Å². The average molecular weight is 252 g/mol. The fraction of sp³-hybridized carbons (Fsp3) is 1.00. The summed E-state index contributed by atoms with van der Waals surface area (Å²) in [6.45, 7) is 6.73. The minimum atomic E-state index is -0.245. The number of rotatable bonds is 3. The highest BCUT2D eigenvalue weighted by molar-refractivity contribution is 5.04. The molecule has 0 heterocycles. The van der Waals surface area contributed by atoms with Gasteiger partial charge in [-0.15, -0.1) is 0 Å². The molecule has 0 aromatic carbocycles. The van der Waals surface area contributed by atoms with Gasteiger partial charge in [-0.3, -0.25) is 0 Å². The van der Waals surface area contributed by atoms with Gasteiger partial charge in [0.15, 0.2) is 0 Å². The normalized spacial score (nSPS) is 44.3. The molecule has 0 radical (unpaired) electrons. The van der Waals surface area contributed by atoms with Gasteiger partial charge in [0, 0.05) is 0 Å². The summed E-state index contributed by atoms with van der Waals surface area (Å²) in [7, 11) is 0. The Balaban J connectivity index is 1.67. The van der Waals surface area contributed by atoms with Crippen molar-refractivity contribution in [3.8, 4) is 0 Å². The zero-order chi connectivity index (χ0) is 13.0. The van der Waals surface area contributed by atoms with Crippen molar-refractivity contribution in [2.75, 3.05) is 6.61 Å². The van der Waals surface area contributed by atoms with E-state index in [0.29, 0.717) is 6.61 Å². The smallest absolute Gasteiger partial charge is 0.0830 e. The maximum atomic E-state index is 10.7. The van der Waals surface area contributed by atoms with Crippen molar-refractivity contribution >= 4 is 0 Å². The van der Waals surface area contributed by atoms with Crippen molar-refractivity contribution in [2.24, 2.45) is 23.2 Å². The highest BCUT2D eigenvalue weighted by atomic mass is 16.5. The second kappa shape index (κ2) is 4.21. The lowest BCUT2D eigenvalue weighted by Gasteiger charge is -2.58. The molecule has 0 saturated heterocycles. The number of ether oxygens (including phenoxy) is 1. The van der Waals surface area contributed by atoms with Crippen LogP contribution in [0.25, 0.3) is 0 Å². The molecule has 4 bridgehead atoms. The predicted molar refractivity (Wildman–Crippen MR) is 72.3 cm³/mol. The molecular weight excluding hydrogens is 224 g/mol. The van der Waals surface area contributed by atoms with Crippen LogP contribution in [-0.2, 0) is 4.74 Å². The SMILES string of the molecule is CC(C)(C)OCC(O)C12CC3CC(CC(C3)C1)C2. The molecule has 4 saturated carbocycles. The first-order chi connectivity index (χ1) is 8.36. The van der Waals surface area contributed by atoms with Crippen LogP contribution in [0, 0.1) is 23.2 Å². The third kappa shape index (κ3) is 2.34. The molecule has 2 nitrogen and oxygen atoms in total. The quantitative estimate of drug-likeness (QED) is 0.834. The molecule has 104 valence electrons. The third-order valence-corrected chi connectivity index (χ3v) is 5.47. The lowest BCUT2D eigenvalue weighted by molar-refractivity contribution is -0.154. The molecule has 18 heavy (non-hydrogen) atoms. The van der Waals surface area contributed by atoms with Gasteiger partial charge < -0.3 is 9.84 Å². The molecular formula is C16H28O2. The van der Waals surface area contributed by atoms with Gasteiger partial charge in [0.1, 0.15) is 0 Å². The van der Waals surface area contributed by atoms with Crippen molar-refractivity contribution in [1.82, 2.24) is 0 Å². The Labute approximate surface area is 111 Å². The highest BCUT2D eigenvalue weighted by Crippen LogP contribution is 2.61. The standard InChI is InChI=1S/C16H28O2/c1-15(2,3)18-10-14(17)16-7-11-4-12(8-16)6-13(5-11)9-16/h11-14,17H,4-10H2,1-3H3. The molecule has 4 rings (SSSR count). The Hall–Kier alpha value is -0.0800. The molecule has 4 fully saturated rings. The Morgan fingerprint density at radius 1 is 1.06 bits per heavy atom. The average Bonchev–Trinajstić information content (AvgIpc) is 2.22. The zero-order valence-electron chi connectivity index (χ0n) is 12.1. The first kappa shape index (κ1) is 12.9. The molecule has 2 heteroatoms. The lowest BCUT2D eigenvalue weighted by atomic mass is 9.48. The predicted octanol–water partition coefficient (Wildman–Crippen LogP) is 3.38. The third-order valence-electron chi connectivity index (χ3n) is 5.47. The number of hydrogen-bond acceptors (Lipinski definition) is 2. The van der Waals surface area contributed by atoms with E-state index in [1.54, 1.807) is 0 Å². The van der Waals surface area contributed by atoms with Gasteiger partial charge in [-0.2, -0.15) is 0 Å². The summed E-state index contributed by atoms with van der Waals surface area (Å²) in [5.41, 5.74) is 0.0727. The molecule has 1 atom stereocenters. The maximum Gasteiger partial charge on any atom is 0.0830 e. The number of aliphatic hydroxyl groups excluding tert-OH is 1. The molecule has 1 unspecified atom stereocenters. The van der Waals surface area contributed by atoms with Gasteiger partial charge in [-0.25, -0.2) is 0 Å². The van der Waals surface area contributed by atoms with Crippen LogP contribution >= 0.6 is 0 Å². The van der Waals surface area contributed by atoms with E-state index in [0.717, 1.165) is 17.8 Å². The summed E-state index contributed by atoms with van der Waals surface area (Å²) >= 11 is 0. The van der Waals surface area contributed by atoms with E-state index in [2.05, 4.69) is 20.8 Å². The fourth-order valence-electron chi connectivity index (χ4n) is 5.09. The van der Waals surface area contributed by atoms with E-state index in [1.165, 1.54) is 38.5 Å². The topological polar surface area (TPSA) is 29.5 Å². The van der Waals surface area contributed by atoms with Crippen molar-refractivity contribution in [2.45, 2.75) is 71.0 Å². The van der Waals surface area contributed by atoms with Gasteiger partial charge in [-0.1, -0.05) is 0 Å². The molecule has 0 aliphatic heterocycles. The monoisotopic (exact) mass is 252 g/mol. The molecule has 0 aromatic rings. The van der Waals surface area contributed by atoms with Gasteiger partial charge in [0.25, 0.3) is 0 Å². The summed E-state index contributed by atoms with van der Waals surface area (Å²) in [5.74, 6) is 2.71. The summed E-state index contributed by atoms with van der Waals surface area (Å²) < 4.78 is 5.83. The maximum absolute atomic E-state index is 10.7. The highest BCUT2D eigenvalue weighted by Gasteiger charge is 2.54. The van der Waals surface area contributed by atoms with Gasteiger partial charge >= 0.3 is 0 Å². The molecule has 4 aliphatic carbocycles. The van der Waals surface area contributed by atoms with Crippen LogP contribution in [0.2, 0.25) is 0 Å². The van der Waals surface area contributed by atoms with Crippen LogP contribution in [0.4, 0.5) is 0 Å². The Bertz CT molecular complexity index is 280. The Kier molecular flexibility index (Phi) is 3.02. The largest absolute Gasteiger partial charge is 0.390 e. The summed E-state index contributed by atoms with van der Waals surface area (Å²) in [6, 6.07) is 0. The summed E-state index contributed by atoms with van der Waals surface area (Å²) in [6.07, 6.45) is 7.84. The first-order valence-corrected chi connectivity index (χ1v) is 7.68. The van der Waals surface area contributed by atoms with Gasteiger partial charge in [0.05, 0.1) is 18.3 Å². The van der Waals surface area contributed by atoms with E-state index in [4.69, 9.17) is 4.74 Å². The Morgan fingerprint density at radius 3 is 1.89 bits per heavy atom. The van der Waals surface area contributed by atoms with E-state index in [1.807, 2.05) is 0 Å². The van der Waals surface area contributed by atoms with Crippen LogP contribution in [0.1, 0.15) is 59.3 Å². The summed E-state index contributed by atoms with van der Waals surface area (Å²) in [4.78, 5) is 0. The number of aliphatic hydroxyl groups is 1. The molecule has 1 N–H and O–H groups in total. The molecule has 0 aromatic heterocycles. The van der Waals surface area contributed by atoms with Crippen LogP contribution in [-0.4, -0.2) is 23.4 Å². The minimum absolute atomic E-state index is 0.136. The summed E-state index contributed by atoms with van der Waals surface area (Å²) in [5, 5.41) is 10.7. The fourth-order valence-corrected chi connectivity index (χ4v) is 5.09. The lowest BCUT2D eigenvalue weighted by Crippen LogP contribution is -2.53. The minimum Gasteiger partial charge on any atom is -0.390 e. The molecule has 4 aliphatic rings. The van der Waals surface area contributed by atoms with E-state index in [9.17, 15) is 5.11 Å². The van der Waals surface area contributed by atoms with Crippen molar-refractivity contribution in [3.63, 3.8) is 0 Å². The van der Waals surface area contributed by atoms with Crippen molar-refractivity contribution in [3.05, 3.63) is 0 Å². The molecule has 0 spiro atoms. The van der Waals surface area contributed by atoms with Crippen molar-refractivity contribution < 1.29 is 9.84 Å². The zero-order valence-corrected chi connectivity index (χ0v) is 12.1. The van der Waals surface area contributed by atoms with Crippen molar-refractivity contribution in [1.29, 1.82) is 0 Å². The van der Waals surface area contributed by atoms with Crippen LogP contribution in [0.15, 0.2) is 0 Å². The van der Waals surface area contributed by atoms with Gasteiger partial charge in [-0.05, 0) is 82.5 Å². The van der Waals surface area contributed by atoms with Crippen LogP contribution in [0.3, 0.4) is 0 Å². The second-order valence-electron chi connectivity index (χ2n) is 8.22. The second-order valence-corrected chi connectivity index (χ2v) is 8.22. The van der Waals surface area contributed by atoms with Gasteiger partial charge in [0.2, 0.25) is 0 Å².